The molecule has 35 heavy (non-hydrogen) atoms. The summed E-state index contributed by atoms with van der Waals surface area (Å²) in [5.74, 6) is 0.647. The Hall–Kier alpha value is -4.67. The number of hydrogen-bond acceptors (Lipinski definition) is 7. The average Bonchev–Trinajstić information content (AvgIpc) is 3.29. The number of carbonyl (C=O) groups excluding carboxylic acids is 1. The summed E-state index contributed by atoms with van der Waals surface area (Å²) in [4.78, 5) is 41.1. The van der Waals surface area contributed by atoms with E-state index >= 15 is 0 Å². The highest BCUT2D eigenvalue weighted by atomic mass is 16.5. The first-order chi connectivity index (χ1) is 16.9. The maximum Gasteiger partial charge on any atom is 0.332 e. The van der Waals surface area contributed by atoms with Gasteiger partial charge in [0.1, 0.15) is 13.2 Å². The number of carbonyl (C=O) groups is 1. The van der Waals surface area contributed by atoms with Gasteiger partial charge >= 0.3 is 5.69 Å². The molecule has 0 aliphatic carbocycles. The molecular formula is C24H24N6O5. The van der Waals surface area contributed by atoms with Crippen molar-refractivity contribution in [2.75, 3.05) is 7.11 Å². The van der Waals surface area contributed by atoms with Crippen LogP contribution in [0, 0.1) is 0 Å². The third-order valence-electron chi connectivity index (χ3n) is 5.36. The van der Waals surface area contributed by atoms with Crippen molar-refractivity contribution in [3.05, 3.63) is 86.8 Å². The van der Waals surface area contributed by atoms with Crippen LogP contribution in [0.25, 0.3) is 11.2 Å². The van der Waals surface area contributed by atoms with Crippen molar-refractivity contribution < 1.29 is 14.3 Å². The molecule has 0 aliphatic rings. The van der Waals surface area contributed by atoms with E-state index in [4.69, 9.17) is 9.47 Å². The van der Waals surface area contributed by atoms with Crippen molar-refractivity contribution in [1.29, 1.82) is 0 Å². The van der Waals surface area contributed by atoms with Crippen LogP contribution in [0.15, 0.2) is 69.5 Å². The van der Waals surface area contributed by atoms with Crippen LogP contribution in [0.1, 0.15) is 11.1 Å². The fourth-order valence-corrected chi connectivity index (χ4v) is 3.51. The number of hydrazone groups is 1. The van der Waals surface area contributed by atoms with Gasteiger partial charge in [0.05, 0.1) is 19.7 Å². The number of nitrogens with zero attached hydrogens (tertiary/aromatic N) is 5. The van der Waals surface area contributed by atoms with Gasteiger partial charge in [-0.15, -0.1) is 0 Å². The van der Waals surface area contributed by atoms with E-state index in [9.17, 15) is 14.4 Å². The van der Waals surface area contributed by atoms with Gasteiger partial charge in [-0.05, 0) is 29.3 Å². The molecule has 1 N–H and O–H groups in total. The monoisotopic (exact) mass is 476 g/mol. The Bertz CT molecular complexity index is 1520. The summed E-state index contributed by atoms with van der Waals surface area (Å²) in [7, 11) is 4.45. The summed E-state index contributed by atoms with van der Waals surface area (Å²) >= 11 is 0. The molecule has 0 saturated heterocycles. The molecule has 4 aromatic rings. The van der Waals surface area contributed by atoms with E-state index < -0.39 is 17.2 Å². The third kappa shape index (κ3) is 4.98. The van der Waals surface area contributed by atoms with Gasteiger partial charge in [-0.2, -0.15) is 5.10 Å². The van der Waals surface area contributed by atoms with Crippen molar-refractivity contribution in [2.45, 2.75) is 13.2 Å². The van der Waals surface area contributed by atoms with Gasteiger partial charge in [0.15, 0.2) is 22.7 Å². The molecule has 11 heteroatoms. The molecule has 0 spiro atoms. The van der Waals surface area contributed by atoms with Crippen LogP contribution in [0.2, 0.25) is 0 Å². The zero-order valence-corrected chi connectivity index (χ0v) is 19.5. The Morgan fingerprint density at radius 2 is 1.86 bits per heavy atom. The highest BCUT2D eigenvalue weighted by molar-refractivity contribution is 5.84. The molecular weight excluding hydrogens is 452 g/mol. The minimum Gasteiger partial charge on any atom is -0.493 e. The number of amides is 1. The molecule has 0 fully saturated rings. The molecule has 0 aliphatic heterocycles. The number of imidazole rings is 1. The number of nitrogens with one attached hydrogen (secondary N) is 1. The van der Waals surface area contributed by atoms with Crippen molar-refractivity contribution in [3.8, 4) is 11.5 Å². The summed E-state index contributed by atoms with van der Waals surface area (Å²) in [6.07, 6.45) is 2.82. The molecule has 0 unspecified atom stereocenters. The lowest BCUT2D eigenvalue weighted by Gasteiger charge is -2.11. The summed E-state index contributed by atoms with van der Waals surface area (Å²) < 4.78 is 14.9. The van der Waals surface area contributed by atoms with E-state index in [1.54, 1.807) is 25.3 Å². The van der Waals surface area contributed by atoms with E-state index in [2.05, 4.69) is 15.5 Å². The Labute approximate surface area is 199 Å². The van der Waals surface area contributed by atoms with Crippen LogP contribution in [0.5, 0.6) is 11.5 Å². The molecule has 0 atom stereocenters. The van der Waals surface area contributed by atoms with E-state index in [1.165, 1.54) is 35.8 Å². The van der Waals surface area contributed by atoms with Crippen LogP contribution in [-0.4, -0.2) is 37.9 Å². The first kappa shape index (κ1) is 23.5. The quantitative estimate of drug-likeness (QED) is 0.301. The molecule has 180 valence electrons. The number of benzene rings is 2. The van der Waals surface area contributed by atoms with Crippen LogP contribution in [-0.2, 0) is 32.0 Å². The number of fused-ring (bicyclic) bond motifs is 1. The predicted octanol–water partition coefficient (Wildman–Crippen LogP) is 1.17. The second-order valence-electron chi connectivity index (χ2n) is 7.73. The Morgan fingerprint density at radius 3 is 2.60 bits per heavy atom. The van der Waals surface area contributed by atoms with E-state index in [0.29, 0.717) is 23.7 Å². The number of aryl methyl sites for hydroxylation is 1. The fourth-order valence-electron chi connectivity index (χ4n) is 3.51. The summed E-state index contributed by atoms with van der Waals surface area (Å²) in [5, 5.41) is 4.00. The zero-order valence-electron chi connectivity index (χ0n) is 19.5. The van der Waals surface area contributed by atoms with Gasteiger partial charge in [0, 0.05) is 14.1 Å². The van der Waals surface area contributed by atoms with E-state index in [0.717, 1.165) is 10.1 Å². The van der Waals surface area contributed by atoms with Gasteiger partial charge in [-0.1, -0.05) is 30.3 Å². The summed E-state index contributed by atoms with van der Waals surface area (Å²) in [5.41, 5.74) is 3.47. The first-order valence-corrected chi connectivity index (χ1v) is 10.7. The smallest absolute Gasteiger partial charge is 0.332 e. The molecule has 1 amide bonds. The lowest BCUT2D eigenvalue weighted by molar-refractivity contribution is -0.121. The number of aromatic nitrogens is 4. The number of hydrogen-bond donors (Lipinski definition) is 1. The highest BCUT2D eigenvalue weighted by Gasteiger charge is 2.15. The van der Waals surface area contributed by atoms with E-state index in [-0.39, 0.29) is 17.7 Å². The van der Waals surface area contributed by atoms with Crippen LogP contribution in [0.3, 0.4) is 0 Å². The standard InChI is InChI=1S/C24H24N6O5/c1-28-22-21(23(32)29(2)24(28)33)30(15-25-22)13-20(31)27-26-12-17-9-10-18(34-3)19(11-17)35-14-16-7-5-4-6-8-16/h4-12,15H,13-14H2,1-3H3,(H,27,31). The summed E-state index contributed by atoms with van der Waals surface area (Å²) in [6, 6.07) is 15.0. The third-order valence-corrected chi connectivity index (χ3v) is 5.36. The molecule has 0 radical (unpaired) electrons. The fraction of sp³-hybridized carbons (Fsp3) is 0.208. The largest absolute Gasteiger partial charge is 0.493 e. The predicted molar refractivity (Wildman–Crippen MR) is 130 cm³/mol. The lowest BCUT2D eigenvalue weighted by Crippen LogP contribution is -2.38. The maximum atomic E-state index is 12.5. The number of ether oxygens (including phenoxy) is 2. The van der Waals surface area contributed by atoms with Gasteiger partial charge < -0.3 is 14.0 Å². The van der Waals surface area contributed by atoms with Gasteiger partial charge in [0.2, 0.25) is 0 Å². The Balaban J connectivity index is 1.44. The average molecular weight is 476 g/mol. The van der Waals surface area contributed by atoms with Gasteiger partial charge in [-0.25, -0.2) is 15.2 Å². The van der Waals surface area contributed by atoms with Crippen LogP contribution >= 0.6 is 0 Å². The Morgan fingerprint density at radius 1 is 1.09 bits per heavy atom. The molecule has 4 rings (SSSR count). The van der Waals surface area contributed by atoms with Gasteiger partial charge in [-0.3, -0.25) is 18.7 Å². The highest BCUT2D eigenvalue weighted by Crippen LogP contribution is 2.28. The molecule has 0 saturated carbocycles. The van der Waals surface area contributed by atoms with E-state index in [1.807, 2.05) is 30.3 Å². The lowest BCUT2D eigenvalue weighted by atomic mass is 10.2. The minimum absolute atomic E-state index is 0.157. The van der Waals surface area contributed by atoms with Crippen molar-refractivity contribution >= 4 is 23.3 Å². The van der Waals surface area contributed by atoms with Crippen molar-refractivity contribution in [2.24, 2.45) is 19.2 Å². The van der Waals surface area contributed by atoms with Crippen molar-refractivity contribution in [3.63, 3.8) is 0 Å². The molecule has 2 heterocycles. The minimum atomic E-state index is -0.529. The van der Waals surface area contributed by atoms with Gasteiger partial charge in [0.25, 0.3) is 11.5 Å². The normalized spacial score (nSPS) is 11.2. The van der Waals surface area contributed by atoms with Crippen LogP contribution in [0.4, 0.5) is 0 Å². The number of rotatable bonds is 8. The molecule has 11 nitrogen and oxygen atoms in total. The van der Waals surface area contributed by atoms with Crippen LogP contribution < -0.4 is 26.1 Å². The SMILES string of the molecule is COc1ccc(C=NNC(=O)Cn2cnc3c2c(=O)n(C)c(=O)n3C)cc1OCc1ccccc1. The molecule has 2 aromatic heterocycles. The number of methoxy groups -OCH3 is 1. The summed E-state index contributed by atoms with van der Waals surface area (Å²) in [6.45, 7) is 0.174. The second kappa shape index (κ2) is 10.1. The Kier molecular flexibility index (Phi) is 6.76. The first-order valence-electron chi connectivity index (χ1n) is 10.7. The second-order valence-corrected chi connectivity index (χ2v) is 7.73. The molecule has 0 bridgehead atoms. The van der Waals surface area contributed by atoms with Crippen molar-refractivity contribution in [1.82, 2.24) is 24.1 Å². The topological polar surface area (TPSA) is 122 Å². The maximum absolute atomic E-state index is 12.5. The zero-order chi connectivity index (χ0) is 24.9. The molecule has 2 aromatic carbocycles.